The van der Waals surface area contributed by atoms with E-state index in [4.69, 9.17) is 0 Å². The van der Waals surface area contributed by atoms with Crippen LogP contribution in [0.15, 0.2) is 70.3 Å². The molecular weight excluding hydrogens is 448 g/mol. The lowest BCUT2D eigenvalue weighted by Crippen LogP contribution is -2.39. The highest BCUT2D eigenvalue weighted by molar-refractivity contribution is 5.77. The van der Waals surface area contributed by atoms with Crippen LogP contribution in [0.4, 0.5) is 14.5 Å². The van der Waals surface area contributed by atoms with Crippen LogP contribution >= 0.6 is 0 Å². The third kappa shape index (κ3) is 5.14. The summed E-state index contributed by atoms with van der Waals surface area (Å²) in [6.07, 6.45) is 4.66. The molecule has 3 aromatic rings. The van der Waals surface area contributed by atoms with Crippen LogP contribution in [-0.2, 0) is 6.42 Å². The van der Waals surface area contributed by atoms with E-state index in [0.717, 1.165) is 29.7 Å². The number of H-pyrrole nitrogens is 2. The number of benzene rings is 2. The Bertz CT molecular complexity index is 1330. The molecule has 1 aliphatic carbocycles. The average molecular weight is 478 g/mol. The van der Waals surface area contributed by atoms with Gasteiger partial charge >= 0.3 is 5.69 Å². The fourth-order valence-electron chi connectivity index (χ4n) is 5.29. The molecule has 0 amide bonds. The van der Waals surface area contributed by atoms with E-state index in [0.29, 0.717) is 37.2 Å². The van der Waals surface area contributed by atoms with Gasteiger partial charge in [-0.05, 0) is 36.5 Å². The summed E-state index contributed by atoms with van der Waals surface area (Å²) in [5.74, 6) is -2.54. The minimum Gasteiger partial charge on any atom is -0.371 e. The Hall–Kier alpha value is -3.48. The van der Waals surface area contributed by atoms with Gasteiger partial charge in [0.15, 0.2) is 0 Å². The predicted molar refractivity (Wildman–Crippen MR) is 134 cm³/mol. The van der Waals surface area contributed by atoms with Gasteiger partial charge in [-0.3, -0.25) is 9.78 Å². The summed E-state index contributed by atoms with van der Waals surface area (Å²) < 4.78 is 27.4. The van der Waals surface area contributed by atoms with Crippen molar-refractivity contribution in [3.8, 4) is 0 Å². The van der Waals surface area contributed by atoms with E-state index in [1.54, 1.807) is 0 Å². The molecule has 1 aromatic heterocycles. The van der Waals surface area contributed by atoms with Crippen molar-refractivity contribution in [2.45, 2.75) is 50.4 Å². The van der Waals surface area contributed by atoms with Crippen molar-refractivity contribution in [1.29, 1.82) is 0 Å². The van der Waals surface area contributed by atoms with Crippen molar-refractivity contribution in [2.75, 3.05) is 18.0 Å². The van der Waals surface area contributed by atoms with E-state index in [1.165, 1.54) is 5.57 Å². The fourth-order valence-corrected chi connectivity index (χ4v) is 5.29. The highest BCUT2D eigenvalue weighted by Crippen LogP contribution is 2.40. The maximum absolute atomic E-state index is 13.7. The molecule has 0 bridgehead atoms. The van der Waals surface area contributed by atoms with Gasteiger partial charge in [-0.1, -0.05) is 54.6 Å². The van der Waals surface area contributed by atoms with Gasteiger partial charge < -0.3 is 9.88 Å². The van der Waals surface area contributed by atoms with Gasteiger partial charge in [-0.2, -0.15) is 0 Å². The zero-order valence-electron chi connectivity index (χ0n) is 19.5. The molecule has 0 spiro atoms. The standard InChI is InChI=1S/C28H29F2N3O2/c29-28(30)14-16-33(17-15-28)24-9-5-4-8-22(24)20-10-12-21(13-11-20)25-23(26(34)32-27(35)31-25)18-19-6-2-1-3-7-19/h1-10,21H,11-18H2,(H2,31,32,34,35). The monoisotopic (exact) mass is 477 g/mol. The summed E-state index contributed by atoms with van der Waals surface area (Å²) in [6, 6.07) is 17.8. The number of anilines is 1. The summed E-state index contributed by atoms with van der Waals surface area (Å²) in [6.45, 7) is 0.688. The number of para-hydroxylation sites is 1. The molecule has 0 radical (unpaired) electrons. The second-order valence-corrected chi connectivity index (χ2v) is 9.52. The normalized spacial score (nSPS) is 19.9. The summed E-state index contributed by atoms with van der Waals surface area (Å²) in [5.41, 5.74) is 4.78. The molecule has 2 aliphatic rings. The highest BCUT2D eigenvalue weighted by atomic mass is 19.3. The second kappa shape index (κ2) is 9.64. The molecule has 1 saturated heterocycles. The van der Waals surface area contributed by atoms with Crippen LogP contribution < -0.4 is 16.1 Å². The molecule has 2 heterocycles. The van der Waals surface area contributed by atoms with Crippen LogP contribution in [0.2, 0.25) is 0 Å². The Morgan fingerprint density at radius 2 is 1.66 bits per heavy atom. The van der Waals surface area contributed by atoms with Crippen LogP contribution in [0.3, 0.4) is 0 Å². The van der Waals surface area contributed by atoms with Crippen LogP contribution in [0.5, 0.6) is 0 Å². The lowest BCUT2D eigenvalue weighted by atomic mass is 9.82. The maximum atomic E-state index is 13.7. The highest BCUT2D eigenvalue weighted by Gasteiger charge is 2.34. The van der Waals surface area contributed by atoms with Crippen molar-refractivity contribution in [3.05, 3.63) is 104 Å². The first-order valence-corrected chi connectivity index (χ1v) is 12.2. The van der Waals surface area contributed by atoms with Gasteiger partial charge in [-0.25, -0.2) is 13.6 Å². The number of aromatic amines is 2. The third-order valence-electron chi connectivity index (χ3n) is 7.20. The molecule has 5 nitrogen and oxygen atoms in total. The molecule has 2 aromatic carbocycles. The number of nitrogens with one attached hydrogen (secondary N) is 2. The zero-order chi connectivity index (χ0) is 24.4. The molecule has 1 atom stereocenters. The van der Waals surface area contributed by atoms with Gasteiger partial charge in [0.25, 0.3) is 11.5 Å². The Morgan fingerprint density at radius 1 is 0.943 bits per heavy atom. The quantitative estimate of drug-likeness (QED) is 0.528. The molecule has 182 valence electrons. The topological polar surface area (TPSA) is 69.0 Å². The number of allylic oxidation sites excluding steroid dienone is 2. The molecule has 1 fully saturated rings. The van der Waals surface area contributed by atoms with E-state index in [1.807, 2.05) is 48.5 Å². The summed E-state index contributed by atoms with van der Waals surface area (Å²) in [4.78, 5) is 32.2. The van der Waals surface area contributed by atoms with E-state index < -0.39 is 11.6 Å². The Morgan fingerprint density at radius 3 is 2.37 bits per heavy atom. The largest absolute Gasteiger partial charge is 0.371 e. The number of hydrogen-bond donors (Lipinski definition) is 2. The number of rotatable bonds is 5. The Balaban J connectivity index is 1.40. The van der Waals surface area contributed by atoms with Gasteiger partial charge in [0, 0.05) is 60.8 Å². The minimum absolute atomic E-state index is 0.0355. The fraction of sp³-hybridized carbons (Fsp3) is 0.357. The number of halogens is 2. The van der Waals surface area contributed by atoms with Crippen molar-refractivity contribution in [1.82, 2.24) is 9.97 Å². The Labute approximate surface area is 202 Å². The molecule has 2 N–H and O–H groups in total. The lowest BCUT2D eigenvalue weighted by Gasteiger charge is -2.35. The van der Waals surface area contributed by atoms with E-state index in [2.05, 4.69) is 27.0 Å². The summed E-state index contributed by atoms with van der Waals surface area (Å²) >= 11 is 0. The van der Waals surface area contributed by atoms with Crippen LogP contribution in [-0.4, -0.2) is 29.0 Å². The van der Waals surface area contributed by atoms with Crippen molar-refractivity contribution in [3.63, 3.8) is 0 Å². The van der Waals surface area contributed by atoms with Crippen LogP contribution in [0.25, 0.3) is 5.57 Å². The Kier molecular flexibility index (Phi) is 6.41. The van der Waals surface area contributed by atoms with Crippen molar-refractivity contribution >= 4 is 11.3 Å². The second-order valence-electron chi connectivity index (χ2n) is 9.52. The first-order chi connectivity index (χ1) is 16.9. The molecule has 0 saturated carbocycles. The van der Waals surface area contributed by atoms with Crippen molar-refractivity contribution in [2.24, 2.45) is 0 Å². The van der Waals surface area contributed by atoms with Crippen molar-refractivity contribution < 1.29 is 8.78 Å². The number of nitrogens with zero attached hydrogens (tertiary/aromatic N) is 1. The summed E-state index contributed by atoms with van der Waals surface area (Å²) in [7, 11) is 0. The average Bonchev–Trinajstić information content (AvgIpc) is 2.86. The smallest absolute Gasteiger partial charge is 0.325 e. The van der Waals surface area contributed by atoms with Gasteiger partial charge in [0.1, 0.15) is 0 Å². The number of piperidine rings is 1. The van der Waals surface area contributed by atoms with Gasteiger partial charge in [0.05, 0.1) is 0 Å². The molecule has 7 heteroatoms. The number of hydrogen-bond acceptors (Lipinski definition) is 3. The van der Waals surface area contributed by atoms with E-state index in [9.17, 15) is 18.4 Å². The molecular formula is C28H29F2N3O2. The van der Waals surface area contributed by atoms with Crippen LogP contribution in [0, 0.1) is 0 Å². The first kappa shape index (κ1) is 23.3. The predicted octanol–water partition coefficient (Wildman–Crippen LogP) is 5.24. The van der Waals surface area contributed by atoms with E-state index >= 15 is 0 Å². The maximum Gasteiger partial charge on any atom is 0.325 e. The lowest BCUT2D eigenvalue weighted by molar-refractivity contribution is -0.0220. The van der Waals surface area contributed by atoms with Gasteiger partial charge in [-0.15, -0.1) is 0 Å². The molecule has 5 rings (SSSR count). The summed E-state index contributed by atoms with van der Waals surface area (Å²) in [5, 5.41) is 0. The minimum atomic E-state index is -2.58. The van der Waals surface area contributed by atoms with Crippen LogP contribution in [0.1, 0.15) is 60.4 Å². The SMILES string of the molecule is O=c1[nH]c(C2CC=C(c3ccccc3N3CCC(F)(F)CC3)CC2)c(Cc2ccccc2)c(=O)[nH]1. The molecule has 1 aliphatic heterocycles. The number of alkyl halides is 2. The first-order valence-electron chi connectivity index (χ1n) is 12.2. The van der Waals surface area contributed by atoms with Gasteiger partial charge in [0.2, 0.25) is 0 Å². The number of aromatic nitrogens is 2. The zero-order valence-corrected chi connectivity index (χ0v) is 19.5. The molecule has 35 heavy (non-hydrogen) atoms. The third-order valence-corrected chi connectivity index (χ3v) is 7.20. The van der Waals surface area contributed by atoms with E-state index in [-0.39, 0.29) is 24.3 Å². The molecule has 1 unspecified atom stereocenters.